The van der Waals surface area contributed by atoms with Gasteiger partial charge in [0.25, 0.3) is 11.6 Å². The molecular weight excluding hydrogens is 454 g/mol. The molecule has 4 rings (SSSR count). The summed E-state index contributed by atoms with van der Waals surface area (Å²) in [5, 5.41) is 16.2. The van der Waals surface area contributed by atoms with Gasteiger partial charge >= 0.3 is 0 Å². The van der Waals surface area contributed by atoms with Crippen molar-refractivity contribution in [2.75, 3.05) is 19.0 Å². The second kappa shape index (κ2) is 8.74. The highest BCUT2D eigenvalue weighted by Crippen LogP contribution is 2.44. The number of benzene rings is 1. The Hall–Kier alpha value is -2.84. The van der Waals surface area contributed by atoms with Crippen molar-refractivity contribution in [3.05, 3.63) is 28.3 Å². The van der Waals surface area contributed by atoms with E-state index in [9.17, 15) is 19.7 Å². The van der Waals surface area contributed by atoms with E-state index in [0.29, 0.717) is 0 Å². The van der Waals surface area contributed by atoms with Crippen molar-refractivity contribution in [3.8, 4) is 5.75 Å². The summed E-state index contributed by atoms with van der Waals surface area (Å²) in [6.45, 7) is 6.42. The van der Waals surface area contributed by atoms with Gasteiger partial charge in [-0.3, -0.25) is 19.7 Å². The van der Waals surface area contributed by atoms with Crippen molar-refractivity contribution in [2.24, 2.45) is 0 Å². The Bertz CT molecular complexity index is 997. The molecule has 1 aromatic rings. The molecule has 13 heteroatoms. The van der Waals surface area contributed by atoms with Crippen LogP contribution in [0, 0.1) is 10.1 Å². The molecular formula is C21H27N3O10. The maximum Gasteiger partial charge on any atom is 0.296 e. The lowest BCUT2D eigenvalue weighted by atomic mass is 9.98. The van der Waals surface area contributed by atoms with Crippen molar-refractivity contribution in [1.82, 2.24) is 5.32 Å². The monoisotopic (exact) mass is 481 g/mol. The van der Waals surface area contributed by atoms with Crippen LogP contribution in [-0.4, -0.2) is 72.7 Å². The Morgan fingerprint density at radius 3 is 2.38 bits per heavy atom. The first kappa shape index (κ1) is 24.3. The average Bonchev–Trinajstić information content (AvgIpc) is 3.25. The van der Waals surface area contributed by atoms with Gasteiger partial charge in [-0.15, -0.1) is 0 Å². The number of nitrogens with zero attached hydrogens (tertiary/aromatic N) is 1. The zero-order valence-corrected chi connectivity index (χ0v) is 19.4. The minimum atomic E-state index is -1.13. The third kappa shape index (κ3) is 4.83. The average molecular weight is 481 g/mol. The number of nitro benzene ring substituents is 1. The second-order valence-corrected chi connectivity index (χ2v) is 9.00. The largest absolute Gasteiger partial charge is 0.496 e. The number of hydrogen-bond donors (Lipinski definition) is 2. The van der Waals surface area contributed by atoms with Gasteiger partial charge < -0.3 is 39.1 Å². The third-order valence-electron chi connectivity index (χ3n) is 5.51. The molecule has 2 amide bonds. The number of carbonyl (C=O) groups is 2. The van der Waals surface area contributed by atoms with Crippen LogP contribution >= 0.6 is 0 Å². The molecule has 0 bridgehead atoms. The van der Waals surface area contributed by atoms with Crippen molar-refractivity contribution < 1.29 is 42.9 Å². The van der Waals surface area contributed by atoms with E-state index in [4.69, 9.17) is 28.4 Å². The summed E-state index contributed by atoms with van der Waals surface area (Å²) in [6, 6.07) is 4.00. The van der Waals surface area contributed by atoms with Crippen molar-refractivity contribution in [3.63, 3.8) is 0 Å². The first-order chi connectivity index (χ1) is 15.9. The molecule has 0 aliphatic carbocycles. The predicted octanol–water partition coefficient (Wildman–Crippen LogP) is 1.05. The molecule has 34 heavy (non-hydrogen) atoms. The molecule has 3 heterocycles. The number of rotatable bonds is 6. The van der Waals surface area contributed by atoms with Gasteiger partial charge in [0, 0.05) is 0 Å². The first-order valence-corrected chi connectivity index (χ1v) is 10.7. The van der Waals surface area contributed by atoms with Crippen molar-refractivity contribution >= 4 is 23.2 Å². The Balaban J connectivity index is 1.42. The maximum atomic E-state index is 12.9. The normalized spacial score (nSPS) is 30.7. The van der Waals surface area contributed by atoms with E-state index in [-0.39, 0.29) is 17.1 Å². The molecule has 0 saturated carbocycles. The minimum absolute atomic E-state index is 0.0325. The fraction of sp³-hybridized carbons (Fsp3) is 0.619. The molecule has 13 nitrogen and oxygen atoms in total. The summed E-state index contributed by atoms with van der Waals surface area (Å²) in [5.41, 5.74) is -0.377. The van der Waals surface area contributed by atoms with Gasteiger partial charge in [0.2, 0.25) is 5.91 Å². The molecule has 2 N–H and O–H groups in total. The van der Waals surface area contributed by atoms with Crippen LogP contribution < -0.4 is 15.4 Å². The third-order valence-corrected chi connectivity index (χ3v) is 5.51. The highest BCUT2D eigenvalue weighted by molar-refractivity contribution is 5.97. The molecule has 0 aromatic heterocycles. The molecule has 0 unspecified atom stereocenters. The quantitative estimate of drug-likeness (QED) is 0.445. The SMILES string of the molecule is COc1ccc(NC(=O)CNC(=O)[C@H]2O[C@@H]3OC(C)(C)O[C@@H]3[C@H]3OC(C)(C)O[C@H]32)c([N+](=O)[O-])c1. The lowest BCUT2D eigenvalue weighted by molar-refractivity contribution is -0.384. The van der Waals surface area contributed by atoms with Crippen LogP contribution in [0.1, 0.15) is 27.7 Å². The summed E-state index contributed by atoms with van der Waals surface area (Å²) >= 11 is 0. The van der Waals surface area contributed by atoms with Crippen molar-refractivity contribution in [2.45, 2.75) is 70.0 Å². The molecule has 0 spiro atoms. The van der Waals surface area contributed by atoms with Crippen LogP contribution in [-0.2, 0) is 33.3 Å². The highest BCUT2D eigenvalue weighted by atomic mass is 16.9. The fourth-order valence-corrected chi connectivity index (χ4v) is 4.18. The summed E-state index contributed by atoms with van der Waals surface area (Å²) < 4.78 is 34.3. The Labute approximate surface area is 195 Å². The standard InChI is InChI=1S/C21H27N3O10/c1-20(2)31-14-15(32-20)17-19(34-21(3,4)33-17)30-16(14)18(26)22-9-13(25)23-11-7-6-10(29-5)8-12(11)24(27)28/h6-8,14-17,19H,9H2,1-5H3,(H,22,26)(H,23,25)/t14-,15+,16+,17-,19-/m1/s1. The molecule has 1 aromatic carbocycles. The number of carbonyl (C=O) groups excluding carboxylic acids is 2. The summed E-state index contributed by atoms with van der Waals surface area (Å²) in [6.07, 6.45) is -4.00. The summed E-state index contributed by atoms with van der Waals surface area (Å²) in [7, 11) is 1.37. The Morgan fingerprint density at radius 1 is 1.06 bits per heavy atom. The van der Waals surface area contributed by atoms with Gasteiger partial charge in [-0.05, 0) is 39.8 Å². The number of methoxy groups -OCH3 is 1. The zero-order valence-electron chi connectivity index (χ0n) is 19.4. The van der Waals surface area contributed by atoms with Gasteiger partial charge in [-0.1, -0.05) is 0 Å². The van der Waals surface area contributed by atoms with E-state index >= 15 is 0 Å². The van der Waals surface area contributed by atoms with E-state index in [1.165, 1.54) is 25.3 Å². The van der Waals surface area contributed by atoms with Crippen molar-refractivity contribution in [1.29, 1.82) is 0 Å². The van der Waals surface area contributed by atoms with E-state index in [1.807, 2.05) is 0 Å². The first-order valence-electron chi connectivity index (χ1n) is 10.7. The molecule has 0 radical (unpaired) electrons. The predicted molar refractivity (Wildman–Crippen MR) is 114 cm³/mol. The topological polar surface area (TPSA) is 157 Å². The molecule has 3 saturated heterocycles. The molecule has 3 fully saturated rings. The van der Waals surface area contributed by atoms with Crippen LogP contribution in [0.5, 0.6) is 5.75 Å². The minimum Gasteiger partial charge on any atom is -0.496 e. The van der Waals surface area contributed by atoms with E-state index in [0.717, 1.165) is 0 Å². The smallest absolute Gasteiger partial charge is 0.296 e. The fourth-order valence-electron chi connectivity index (χ4n) is 4.18. The molecule has 3 aliphatic rings. The van der Waals surface area contributed by atoms with Crippen LogP contribution in [0.3, 0.4) is 0 Å². The van der Waals surface area contributed by atoms with E-state index < -0.39 is 65.6 Å². The Kier molecular flexibility index (Phi) is 6.25. The van der Waals surface area contributed by atoms with Crippen LogP contribution in [0.25, 0.3) is 0 Å². The number of amides is 2. The summed E-state index contributed by atoms with van der Waals surface area (Å²) in [5.74, 6) is -2.94. The number of anilines is 1. The van der Waals surface area contributed by atoms with Gasteiger partial charge in [0.05, 0.1) is 24.6 Å². The maximum absolute atomic E-state index is 12.9. The number of nitro groups is 1. The number of fused-ring (bicyclic) bond motifs is 3. The highest BCUT2D eigenvalue weighted by Gasteiger charge is 2.62. The van der Waals surface area contributed by atoms with Gasteiger partial charge in [-0.2, -0.15) is 0 Å². The number of hydrogen-bond acceptors (Lipinski definition) is 10. The zero-order chi connectivity index (χ0) is 24.8. The van der Waals surface area contributed by atoms with Gasteiger partial charge in [-0.25, -0.2) is 0 Å². The number of ether oxygens (including phenoxy) is 6. The Morgan fingerprint density at radius 2 is 1.71 bits per heavy atom. The van der Waals surface area contributed by atoms with Crippen LogP contribution in [0.2, 0.25) is 0 Å². The number of nitrogens with one attached hydrogen (secondary N) is 2. The van der Waals surface area contributed by atoms with E-state index in [1.54, 1.807) is 27.7 Å². The summed E-state index contributed by atoms with van der Waals surface area (Å²) in [4.78, 5) is 36.0. The molecule has 5 atom stereocenters. The van der Waals surface area contributed by atoms with Gasteiger partial charge in [0.1, 0.15) is 29.7 Å². The van der Waals surface area contributed by atoms with E-state index in [2.05, 4.69) is 10.6 Å². The lowest BCUT2D eigenvalue weighted by Crippen LogP contribution is -2.59. The second-order valence-electron chi connectivity index (χ2n) is 9.00. The van der Waals surface area contributed by atoms with Gasteiger partial charge in [0.15, 0.2) is 24.0 Å². The van der Waals surface area contributed by atoms with Crippen LogP contribution in [0.15, 0.2) is 18.2 Å². The molecule has 3 aliphatic heterocycles. The molecule has 186 valence electrons. The van der Waals surface area contributed by atoms with Crippen LogP contribution in [0.4, 0.5) is 11.4 Å². The lowest BCUT2D eigenvalue weighted by Gasteiger charge is -2.36.